The predicted octanol–water partition coefficient (Wildman–Crippen LogP) is 2.13. The molecule has 0 saturated carbocycles. The first-order chi connectivity index (χ1) is 5.70. The van der Waals surface area contributed by atoms with Crippen molar-refractivity contribution >= 4 is 21.9 Å². The van der Waals surface area contributed by atoms with Crippen LogP contribution in [-0.4, -0.2) is 18.1 Å². The highest BCUT2D eigenvalue weighted by Gasteiger charge is 2.14. The van der Waals surface area contributed by atoms with Crippen molar-refractivity contribution in [2.75, 3.05) is 7.11 Å². The van der Waals surface area contributed by atoms with Crippen molar-refractivity contribution in [3.8, 4) is 0 Å². The first-order valence-corrected chi connectivity index (χ1v) is 4.44. The smallest absolute Gasteiger partial charge is 0.339 e. The summed E-state index contributed by atoms with van der Waals surface area (Å²) in [5, 5.41) is 0. The fourth-order valence-corrected chi connectivity index (χ4v) is 1.67. The molecule has 0 aliphatic rings. The fourth-order valence-electron chi connectivity index (χ4n) is 1.07. The summed E-state index contributed by atoms with van der Waals surface area (Å²) >= 11 is 3.31. The van der Waals surface area contributed by atoms with Gasteiger partial charge in [0.15, 0.2) is 0 Å². The van der Waals surface area contributed by atoms with E-state index in [-0.39, 0.29) is 5.97 Å². The van der Waals surface area contributed by atoms with Crippen LogP contribution >= 0.6 is 15.9 Å². The average Bonchev–Trinajstić information content (AvgIpc) is 2.45. The van der Waals surface area contributed by atoms with Gasteiger partial charge in [-0.05, 0) is 27.9 Å². The second-order valence-corrected chi connectivity index (χ2v) is 3.13. The quantitative estimate of drug-likeness (QED) is 0.793. The second kappa shape index (κ2) is 3.76. The van der Waals surface area contributed by atoms with E-state index in [0.29, 0.717) is 5.56 Å². The average molecular weight is 232 g/mol. The van der Waals surface area contributed by atoms with Crippen molar-refractivity contribution < 1.29 is 9.53 Å². The number of aromatic nitrogens is 1. The maximum atomic E-state index is 11.1. The number of aromatic amines is 1. The van der Waals surface area contributed by atoms with Crippen LogP contribution in [0.25, 0.3) is 0 Å². The number of esters is 1. The van der Waals surface area contributed by atoms with Crippen molar-refractivity contribution in [3.05, 3.63) is 21.9 Å². The maximum Gasteiger partial charge on any atom is 0.339 e. The molecule has 12 heavy (non-hydrogen) atoms. The molecule has 0 fully saturated rings. The van der Waals surface area contributed by atoms with Crippen molar-refractivity contribution in [2.24, 2.45) is 0 Å². The van der Waals surface area contributed by atoms with E-state index >= 15 is 0 Å². The summed E-state index contributed by atoms with van der Waals surface area (Å²) in [5.74, 6) is -0.297. The largest absolute Gasteiger partial charge is 0.465 e. The van der Waals surface area contributed by atoms with Gasteiger partial charge in [-0.1, -0.05) is 6.92 Å². The number of rotatable bonds is 2. The number of carbonyl (C=O) groups excluding carboxylic acids is 1. The Labute approximate surface area is 79.2 Å². The van der Waals surface area contributed by atoms with Crippen LogP contribution < -0.4 is 0 Å². The zero-order valence-electron chi connectivity index (χ0n) is 6.98. The number of H-pyrrole nitrogens is 1. The number of hydrogen-bond acceptors (Lipinski definition) is 2. The third-order valence-corrected chi connectivity index (χ3v) is 2.40. The lowest BCUT2D eigenvalue weighted by Crippen LogP contribution is -2.02. The van der Waals surface area contributed by atoms with Crippen molar-refractivity contribution in [1.29, 1.82) is 0 Å². The van der Waals surface area contributed by atoms with Crippen molar-refractivity contribution in [1.82, 2.24) is 4.98 Å². The van der Waals surface area contributed by atoms with Crippen LogP contribution in [0.15, 0.2) is 10.8 Å². The predicted molar refractivity (Wildman–Crippen MR) is 49.2 cm³/mol. The molecular formula is C8H10BrNO2. The Morgan fingerprint density at radius 1 is 1.75 bits per heavy atom. The molecule has 1 heterocycles. The molecule has 0 atom stereocenters. The lowest BCUT2D eigenvalue weighted by molar-refractivity contribution is 0.0600. The number of hydrogen-bond donors (Lipinski definition) is 1. The van der Waals surface area contributed by atoms with Gasteiger partial charge >= 0.3 is 5.97 Å². The van der Waals surface area contributed by atoms with Crippen LogP contribution in [0.2, 0.25) is 0 Å². The Kier molecular flexibility index (Phi) is 2.92. The Morgan fingerprint density at radius 2 is 2.42 bits per heavy atom. The highest BCUT2D eigenvalue weighted by molar-refractivity contribution is 9.10. The molecule has 0 radical (unpaired) electrons. The summed E-state index contributed by atoms with van der Waals surface area (Å²) < 4.78 is 5.46. The molecule has 0 aromatic carbocycles. The normalized spacial score (nSPS) is 9.92. The molecule has 1 N–H and O–H groups in total. The van der Waals surface area contributed by atoms with E-state index in [1.54, 1.807) is 6.20 Å². The molecule has 66 valence electrons. The molecule has 0 aliphatic carbocycles. The standard InChI is InChI=1S/C8H10BrNO2/c1-3-5-6(8(11)12-2)4-10-7(5)9/h4,10H,3H2,1-2H3. The third kappa shape index (κ3) is 1.53. The van der Waals surface area contributed by atoms with Gasteiger partial charge in [-0.15, -0.1) is 0 Å². The van der Waals surface area contributed by atoms with Crippen LogP contribution in [0.4, 0.5) is 0 Å². The molecule has 1 aromatic rings. The molecular weight excluding hydrogens is 222 g/mol. The molecule has 1 aromatic heterocycles. The summed E-state index contributed by atoms with van der Waals surface area (Å²) in [6.45, 7) is 1.99. The second-order valence-electron chi connectivity index (χ2n) is 2.34. The van der Waals surface area contributed by atoms with Crippen LogP contribution in [0.3, 0.4) is 0 Å². The molecule has 0 saturated heterocycles. The number of methoxy groups -OCH3 is 1. The molecule has 0 unspecified atom stereocenters. The maximum absolute atomic E-state index is 11.1. The van der Waals surface area contributed by atoms with Crippen molar-refractivity contribution in [3.63, 3.8) is 0 Å². The zero-order chi connectivity index (χ0) is 9.14. The zero-order valence-corrected chi connectivity index (χ0v) is 8.56. The van der Waals surface area contributed by atoms with Crippen LogP contribution in [0, 0.1) is 0 Å². The minimum Gasteiger partial charge on any atom is -0.465 e. The van der Waals surface area contributed by atoms with Gasteiger partial charge < -0.3 is 9.72 Å². The lowest BCUT2D eigenvalue weighted by atomic mass is 10.1. The molecule has 0 amide bonds. The summed E-state index contributed by atoms with van der Waals surface area (Å²) in [4.78, 5) is 14.1. The van der Waals surface area contributed by atoms with Gasteiger partial charge in [0, 0.05) is 6.20 Å². The Bertz CT molecular complexity index is 293. The van der Waals surface area contributed by atoms with Crippen LogP contribution in [-0.2, 0) is 11.2 Å². The topological polar surface area (TPSA) is 42.1 Å². The van der Waals surface area contributed by atoms with Crippen LogP contribution in [0.5, 0.6) is 0 Å². The Hall–Kier alpha value is -0.770. The Balaban J connectivity index is 3.07. The monoisotopic (exact) mass is 231 g/mol. The van der Waals surface area contributed by atoms with E-state index in [0.717, 1.165) is 16.6 Å². The molecule has 0 aliphatic heterocycles. The lowest BCUT2D eigenvalue weighted by Gasteiger charge is -1.98. The van der Waals surface area contributed by atoms with E-state index < -0.39 is 0 Å². The van der Waals surface area contributed by atoms with Gasteiger partial charge in [-0.2, -0.15) is 0 Å². The van der Waals surface area contributed by atoms with Crippen LogP contribution in [0.1, 0.15) is 22.8 Å². The number of carbonyl (C=O) groups is 1. The van der Waals surface area contributed by atoms with Gasteiger partial charge in [-0.25, -0.2) is 4.79 Å². The molecule has 0 spiro atoms. The van der Waals surface area contributed by atoms with E-state index in [2.05, 4.69) is 25.7 Å². The number of halogens is 1. The molecule has 4 heteroatoms. The van der Waals surface area contributed by atoms with Gasteiger partial charge in [0.25, 0.3) is 0 Å². The number of ether oxygens (including phenoxy) is 1. The van der Waals surface area contributed by atoms with E-state index in [9.17, 15) is 4.79 Å². The summed E-state index contributed by atoms with van der Waals surface area (Å²) in [7, 11) is 1.38. The van der Waals surface area contributed by atoms with Gasteiger partial charge in [-0.3, -0.25) is 0 Å². The van der Waals surface area contributed by atoms with Gasteiger partial charge in [0.05, 0.1) is 17.3 Å². The van der Waals surface area contributed by atoms with Gasteiger partial charge in [0.2, 0.25) is 0 Å². The number of nitrogens with one attached hydrogen (secondary N) is 1. The highest BCUT2D eigenvalue weighted by atomic mass is 79.9. The third-order valence-electron chi connectivity index (χ3n) is 1.69. The minimum absolute atomic E-state index is 0.297. The summed E-state index contributed by atoms with van der Waals surface area (Å²) in [5.41, 5.74) is 1.56. The minimum atomic E-state index is -0.297. The van der Waals surface area contributed by atoms with E-state index in [1.165, 1.54) is 7.11 Å². The van der Waals surface area contributed by atoms with E-state index in [1.807, 2.05) is 6.92 Å². The first kappa shape index (κ1) is 9.32. The van der Waals surface area contributed by atoms with E-state index in [4.69, 9.17) is 0 Å². The van der Waals surface area contributed by atoms with Gasteiger partial charge in [0.1, 0.15) is 0 Å². The first-order valence-electron chi connectivity index (χ1n) is 3.64. The SMILES string of the molecule is CCc1c(C(=O)OC)c[nH]c1Br. The molecule has 1 rings (SSSR count). The van der Waals surface area contributed by atoms with Crippen molar-refractivity contribution in [2.45, 2.75) is 13.3 Å². The highest BCUT2D eigenvalue weighted by Crippen LogP contribution is 2.20. The fraction of sp³-hybridized carbons (Fsp3) is 0.375. The summed E-state index contributed by atoms with van der Waals surface area (Å²) in [6, 6.07) is 0. The molecule has 0 bridgehead atoms. The summed E-state index contributed by atoms with van der Waals surface area (Å²) in [6.07, 6.45) is 2.45. The molecule has 3 nitrogen and oxygen atoms in total. The Morgan fingerprint density at radius 3 is 2.92 bits per heavy atom.